The molecule has 0 spiro atoms. The van der Waals surface area contributed by atoms with E-state index in [-0.39, 0.29) is 23.3 Å². The van der Waals surface area contributed by atoms with Gasteiger partial charge in [0, 0.05) is 16.7 Å². The average Bonchev–Trinajstić information content (AvgIpc) is 2.97. The van der Waals surface area contributed by atoms with E-state index < -0.39 is 53.7 Å². The number of carbonyl (C=O) groups excluding carboxylic acids is 2. The molecule has 0 bridgehead atoms. The predicted molar refractivity (Wildman–Crippen MR) is 142 cm³/mol. The number of allylic oxidation sites excluding steroid dienone is 1. The zero-order chi connectivity index (χ0) is 28.2. The van der Waals surface area contributed by atoms with Crippen molar-refractivity contribution in [2.45, 2.75) is 63.5 Å². The molecule has 206 valence electrons. The summed E-state index contributed by atoms with van der Waals surface area (Å²) < 4.78 is 27.7. The number of rotatable bonds is 8. The van der Waals surface area contributed by atoms with Gasteiger partial charge in [-0.25, -0.2) is 8.78 Å². The van der Waals surface area contributed by atoms with Crippen LogP contribution in [0.3, 0.4) is 0 Å². The van der Waals surface area contributed by atoms with Crippen LogP contribution >= 0.6 is 11.8 Å². The van der Waals surface area contributed by atoms with Crippen molar-refractivity contribution in [2.24, 2.45) is 11.3 Å². The van der Waals surface area contributed by atoms with E-state index in [2.05, 4.69) is 5.32 Å². The van der Waals surface area contributed by atoms with Crippen LogP contribution in [0.25, 0.3) is 0 Å². The predicted octanol–water partition coefficient (Wildman–Crippen LogP) is 3.41. The highest BCUT2D eigenvalue weighted by Gasteiger charge is 2.36. The number of hydrogen-bond acceptors (Lipinski definition) is 6. The second-order valence-corrected chi connectivity index (χ2v) is 11.6. The van der Waals surface area contributed by atoms with Crippen molar-refractivity contribution in [3.8, 4) is 0 Å². The van der Waals surface area contributed by atoms with Gasteiger partial charge in [0.2, 0.25) is 5.91 Å². The monoisotopic (exact) mass is 548 g/mol. The van der Waals surface area contributed by atoms with E-state index in [1.54, 1.807) is 24.3 Å². The van der Waals surface area contributed by atoms with Crippen LogP contribution in [0, 0.1) is 23.0 Å². The summed E-state index contributed by atoms with van der Waals surface area (Å²) in [5.41, 5.74) is 0.528. The molecule has 2 aromatic rings. The fourth-order valence-corrected chi connectivity index (χ4v) is 5.03. The zero-order valence-corrected chi connectivity index (χ0v) is 22.6. The first-order valence-electron chi connectivity index (χ1n) is 12.3. The molecule has 5 atom stereocenters. The molecule has 10 heteroatoms. The second kappa shape index (κ2) is 12.4. The molecule has 1 aliphatic rings. The highest BCUT2D eigenvalue weighted by Crippen LogP contribution is 2.35. The Balaban J connectivity index is 1.77. The molecule has 0 saturated carbocycles. The van der Waals surface area contributed by atoms with E-state index in [0.717, 1.165) is 23.1 Å². The van der Waals surface area contributed by atoms with Gasteiger partial charge in [-0.05, 0) is 35.2 Å². The lowest BCUT2D eigenvalue weighted by Gasteiger charge is -2.29. The lowest BCUT2D eigenvalue weighted by Crippen LogP contribution is -2.53. The standard InChI is InChI=1S/C28H34F2N2O5S/c1-16(24(34)25(35)22(33)9-10-28(2,3)4)26(36)31-20-15-38-23-8-6-5-7-21(23)32(27(20)37)14-17-11-18(29)13-19(30)12-17/h5-13,16,20,22,24-25,33-35H,14-15H2,1-4H3,(H,31,36)/b10-9+/t16-,20+,22-,24+,25+/m1/s1. The van der Waals surface area contributed by atoms with Crippen molar-refractivity contribution < 1.29 is 33.7 Å². The van der Waals surface area contributed by atoms with Gasteiger partial charge in [-0.2, -0.15) is 0 Å². The molecular formula is C28H34F2N2O5S. The largest absolute Gasteiger partial charge is 0.389 e. The summed E-state index contributed by atoms with van der Waals surface area (Å²) in [5, 5.41) is 33.9. The number of halogens is 2. The number of benzene rings is 2. The third-order valence-corrected chi connectivity index (χ3v) is 7.28. The first-order chi connectivity index (χ1) is 17.8. The molecule has 0 saturated heterocycles. The lowest BCUT2D eigenvalue weighted by molar-refractivity contribution is -0.136. The van der Waals surface area contributed by atoms with E-state index in [4.69, 9.17) is 0 Å². The Morgan fingerprint density at radius 1 is 1.13 bits per heavy atom. The molecule has 2 aromatic carbocycles. The topological polar surface area (TPSA) is 110 Å². The van der Waals surface area contributed by atoms with Crippen molar-refractivity contribution in [3.05, 3.63) is 71.8 Å². The maximum atomic E-state index is 13.8. The molecule has 0 fully saturated rings. The van der Waals surface area contributed by atoms with Gasteiger partial charge in [0.25, 0.3) is 5.91 Å². The minimum Gasteiger partial charge on any atom is -0.389 e. The number of fused-ring (bicyclic) bond motifs is 1. The minimum absolute atomic E-state index is 0.124. The third-order valence-electron chi connectivity index (χ3n) is 6.12. The number of nitrogens with one attached hydrogen (secondary N) is 1. The van der Waals surface area contributed by atoms with Crippen LogP contribution < -0.4 is 10.2 Å². The molecule has 1 heterocycles. The maximum Gasteiger partial charge on any atom is 0.250 e. The lowest BCUT2D eigenvalue weighted by atomic mass is 9.92. The highest BCUT2D eigenvalue weighted by atomic mass is 32.2. The van der Waals surface area contributed by atoms with E-state index >= 15 is 0 Å². The van der Waals surface area contributed by atoms with Gasteiger partial charge < -0.3 is 25.5 Å². The van der Waals surface area contributed by atoms with Gasteiger partial charge in [0.05, 0.1) is 24.3 Å². The molecule has 3 rings (SSSR count). The molecule has 0 aromatic heterocycles. The number of aliphatic hydroxyl groups is 3. The highest BCUT2D eigenvalue weighted by molar-refractivity contribution is 7.99. The van der Waals surface area contributed by atoms with Crippen LogP contribution in [0.5, 0.6) is 0 Å². The van der Waals surface area contributed by atoms with Crippen LogP contribution in [-0.4, -0.2) is 57.2 Å². The van der Waals surface area contributed by atoms with E-state index in [1.165, 1.54) is 29.7 Å². The van der Waals surface area contributed by atoms with Gasteiger partial charge in [-0.1, -0.05) is 52.0 Å². The summed E-state index contributed by atoms with van der Waals surface area (Å²) in [6.45, 7) is 6.98. The van der Waals surface area contributed by atoms with E-state index in [0.29, 0.717) is 5.69 Å². The Hall–Kier alpha value is -2.79. The van der Waals surface area contributed by atoms with Crippen LogP contribution in [0.1, 0.15) is 33.3 Å². The van der Waals surface area contributed by atoms with Crippen LogP contribution in [-0.2, 0) is 16.1 Å². The first kappa shape index (κ1) is 29.8. The number of para-hydroxylation sites is 1. The molecule has 0 unspecified atom stereocenters. The minimum atomic E-state index is -1.63. The molecule has 7 nitrogen and oxygen atoms in total. The molecule has 38 heavy (non-hydrogen) atoms. The quantitative estimate of drug-likeness (QED) is 0.377. The van der Waals surface area contributed by atoms with Gasteiger partial charge >= 0.3 is 0 Å². The van der Waals surface area contributed by atoms with Crippen molar-refractivity contribution >= 4 is 29.3 Å². The number of hydrogen-bond donors (Lipinski definition) is 4. The Morgan fingerprint density at radius 2 is 1.76 bits per heavy atom. The molecular weight excluding hydrogens is 514 g/mol. The smallest absolute Gasteiger partial charge is 0.250 e. The normalized spacial score (nSPS) is 19.4. The summed E-state index contributed by atoms with van der Waals surface area (Å²) in [6.07, 6.45) is -1.57. The van der Waals surface area contributed by atoms with Crippen LogP contribution in [0.15, 0.2) is 59.5 Å². The van der Waals surface area contributed by atoms with Gasteiger partial charge in [0.15, 0.2) is 0 Å². The van der Waals surface area contributed by atoms with Crippen LogP contribution in [0.4, 0.5) is 14.5 Å². The fraction of sp³-hybridized carbons (Fsp3) is 0.429. The molecule has 0 radical (unpaired) electrons. The Labute approximate surface area is 225 Å². The Morgan fingerprint density at radius 3 is 2.39 bits per heavy atom. The molecule has 2 amide bonds. The summed E-state index contributed by atoms with van der Waals surface area (Å²) in [6, 6.07) is 9.08. The van der Waals surface area contributed by atoms with Crippen molar-refractivity contribution in [1.29, 1.82) is 0 Å². The molecule has 0 aliphatic carbocycles. The van der Waals surface area contributed by atoms with E-state index in [1.807, 2.05) is 26.8 Å². The average molecular weight is 549 g/mol. The second-order valence-electron chi connectivity index (χ2n) is 10.5. The summed E-state index contributed by atoms with van der Waals surface area (Å²) in [5.74, 6) is -3.69. The summed E-state index contributed by atoms with van der Waals surface area (Å²) in [7, 11) is 0. The molecule has 4 N–H and O–H groups in total. The number of anilines is 1. The number of thioether (sulfide) groups is 1. The van der Waals surface area contributed by atoms with Crippen molar-refractivity contribution in [1.82, 2.24) is 5.32 Å². The Bertz CT molecular complexity index is 1170. The van der Waals surface area contributed by atoms with Crippen molar-refractivity contribution in [3.63, 3.8) is 0 Å². The Kier molecular flexibility index (Phi) is 9.69. The van der Waals surface area contributed by atoms with Gasteiger partial charge in [0.1, 0.15) is 29.9 Å². The summed E-state index contributed by atoms with van der Waals surface area (Å²) >= 11 is 1.34. The SMILES string of the molecule is C[C@@H](C(=O)N[C@H]1CSc2ccccc2N(Cc2cc(F)cc(F)c2)C1=O)[C@H](O)[C@@H](O)[C@H](O)/C=C/C(C)(C)C. The van der Waals surface area contributed by atoms with E-state index in [9.17, 15) is 33.7 Å². The maximum absolute atomic E-state index is 13.8. The molecule has 1 aliphatic heterocycles. The zero-order valence-electron chi connectivity index (χ0n) is 21.8. The number of amides is 2. The third kappa shape index (κ3) is 7.63. The first-order valence-corrected chi connectivity index (χ1v) is 13.3. The number of carbonyl (C=O) groups is 2. The fourth-order valence-electron chi connectivity index (χ4n) is 3.96. The van der Waals surface area contributed by atoms with Crippen LogP contribution in [0.2, 0.25) is 0 Å². The number of aliphatic hydroxyl groups excluding tert-OH is 3. The van der Waals surface area contributed by atoms with Gasteiger partial charge in [-0.3, -0.25) is 9.59 Å². The summed E-state index contributed by atoms with van der Waals surface area (Å²) in [4.78, 5) is 28.7. The number of nitrogens with zero attached hydrogens (tertiary/aromatic N) is 1. The van der Waals surface area contributed by atoms with Gasteiger partial charge in [-0.15, -0.1) is 11.8 Å². The van der Waals surface area contributed by atoms with Crippen molar-refractivity contribution in [2.75, 3.05) is 10.7 Å².